The van der Waals surface area contributed by atoms with Crippen molar-refractivity contribution in [2.24, 2.45) is 23.7 Å². The number of carbonyl (C=O) groups excluding carboxylic acids is 5. The highest BCUT2D eigenvalue weighted by Gasteiger charge is 2.52. The SMILES string of the molecule is C#CC1[C@@H](C(=O)NC(/C=C/CC=C)C(=O)C(=O)NCC=C)N(C(=O)[C@@H](NC(=O)NC2CCCCC3CC32)C2CCCCC2)C[C@@H]1P(Cl)Cl. The number of ketones is 1. The van der Waals surface area contributed by atoms with Gasteiger partial charge in [-0.15, -0.1) is 19.6 Å². The van der Waals surface area contributed by atoms with E-state index in [0.717, 1.165) is 51.4 Å². The third-order valence-corrected chi connectivity index (χ3v) is 12.6. The van der Waals surface area contributed by atoms with Gasteiger partial charge in [-0.2, -0.15) is 0 Å². The molecular weight excluding hydrogens is 672 g/mol. The maximum atomic E-state index is 14.6. The molecule has 4 N–H and O–H groups in total. The molecule has 0 aromatic heterocycles. The van der Waals surface area contributed by atoms with Gasteiger partial charge in [0.05, 0.1) is 12.5 Å². The maximum absolute atomic E-state index is 14.6. The lowest BCUT2D eigenvalue weighted by Crippen LogP contribution is -2.60. The van der Waals surface area contributed by atoms with Crippen molar-refractivity contribution in [1.82, 2.24) is 26.2 Å². The van der Waals surface area contributed by atoms with Crippen molar-refractivity contribution in [3.8, 4) is 12.3 Å². The fourth-order valence-corrected chi connectivity index (χ4v) is 9.42. The first-order chi connectivity index (χ1) is 23.1. The Morgan fingerprint density at radius 2 is 1.69 bits per heavy atom. The van der Waals surface area contributed by atoms with Gasteiger partial charge in [0.25, 0.3) is 5.91 Å². The standard InChI is InChI=1S/C35H48Cl2N5O5P/c1-4-7-9-18-27(31(43)33(45)38-19-5-2)39-32(44)30-24(6-3)28(48(36)37)21-42(30)34(46)29(22-14-10-8-11-15-22)41-35(47)40-26-17-13-12-16-23-20-25(23)26/h3-5,9,18,22-30H,1-2,7-8,10-17,19-21H2,(H,38,45)(H,39,44)(H2,40,41,47)/b18-9+/t23?,24?,25?,26?,27?,28-,29-,30-/m0/s1. The zero-order chi connectivity index (χ0) is 34.8. The van der Waals surface area contributed by atoms with E-state index in [1.807, 2.05) is 0 Å². The van der Waals surface area contributed by atoms with Gasteiger partial charge in [0, 0.05) is 24.8 Å². The highest BCUT2D eigenvalue weighted by atomic mass is 35.9. The van der Waals surface area contributed by atoms with Crippen LogP contribution in [0.2, 0.25) is 0 Å². The third-order valence-electron chi connectivity index (χ3n) is 10.1. The number of carbonyl (C=O) groups is 5. The van der Waals surface area contributed by atoms with Crippen molar-refractivity contribution >= 4 is 58.6 Å². The van der Waals surface area contributed by atoms with Crippen LogP contribution in [0.25, 0.3) is 0 Å². The molecule has 10 nitrogen and oxygen atoms in total. The van der Waals surface area contributed by atoms with Gasteiger partial charge in [0.1, 0.15) is 18.1 Å². The monoisotopic (exact) mass is 719 g/mol. The molecule has 13 heteroatoms. The minimum Gasteiger partial charge on any atom is -0.346 e. The predicted octanol–water partition coefficient (Wildman–Crippen LogP) is 4.92. The number of nitrogens with zero attached hydrogens (tertiary/aromatic N) is 1. The van der Waals surface area contributed by atoms with Crippen LogP contribution >= 0.6 is 29.1 Å². The van der Waals surface area contributed by atoms with E-state index in [-0.39, 0.29) is 31.1 Å². The van der Waals surface area contributed by atoms with E-state index < -0.39 is 59.8 Å². The van der Waals surface area contributed by atoms with Crippen molar-refractivity contribution in [2.45, 2.75) is 100 Å². The van der Waals surface area contributed by atoms with Crippen LogP contribution in [0.15, 0.2) is 37.5 Å². The summed E-state index contributed by atoms with van der Waals surface area (Å²) in [7, 11) is 0. The molecule has 8 atom stereocenters. The van der Waals surface area contributed by atoms with Gasteiger partial charge >= 0.3 is 6.03 Å². The Hall–Kier alpha value is -2.86. The molecule has 4 rings (SSSR count). The van der Waals surface area contributed by atoms with E-state index >= 15 is 0 Å². The highest BCUT2D eigenvalue weighted by Crippen LogP contribution is 2.57. The first-order valence-corrected chi connectivity index (χ1v) is 20.3. The van der Waals surface area contributed by atoms with Crippen LogP contribution in [0.1, 0.15) is 70.6 Å². The number of hydrogen-bond acceptors (Lipinski definition) is 5. The second-order valence-corrected chi connectivity index (χ2v) is 17.2. The van der Waals surface area contributed by atoms with Gasteiger partial charge in [-0.3, -0.25) is 19.2 Å². The molecule has 1 aliphatic heterocycles. The van der Waals surface area contributed by atoms with Gasteiger partial charge in [0.2, 0.25) is 17.6 Å². The Morgan fingerprint density at radius 3 is 2.35 bits per heavy atom. The molecule has 3 aliphatic carbocycles. The van der Waals surface area contributed by atoms with Crippen LogP contribution < -0.4 is 21.3 Å². The number of terminal acetylenes is 1. The molecule has 262 valence electrons. The molecule has 4 fully saturated rings. The van der Waals surface area contributed by atoms with Crippen molar-refractivity contribution in [3.63, 3.8) is 0 Å². The summed E-state index contributed by atoms with van der Waals surface area (Å²) in [5.74, 6) is -0.195. The largest absolute Gasteiger partial charge is 0.346 e. The van der Waals surface area contributed by atoms with Gasteiger partial charge < -0.3 is 26.2 Å². The Morgan fingerprint density at radius 1 is 0.979 bits per heavy atom. The number of likely N-dealkylation sites (tertiary alicyclic amines) is 1. The molecule has 3 saturated carbocycles. The molecule has 0 bridgehead atoms. The zero-order valence-corrected chi connectivity index (χ0v) is 29.8. The number of nitrogens with one attached hydrogen (secondary N) is 4. The van der Waals surface area contributed by atoms with E-state index in [0.29, 0.717) is 18.3 Å². The quantitative estimate of drug-likeness (QED) is 0.0875. The number of hydrogen-bond donors (Lipinski definition) is 4. The maximum Gasteiger partial charge on any atom is 0.315 e. The summed E-state index contributed by atoms with van der Waals surface area (Å²) in [6, 6.07) is -3.79. The molecule has 0 aromatic carbocycles. The van der Waals surface area contributed by atoms with Crippen molar-refractivity contribution in [3.05, 3.63) is 37.5 Å². The summed E-state index contributed by atoms with van der Waals surface area (Å²) in [4.78, 5) is 69.3. The molecular formula is C35H48Cl2N5O5P. The molecule has 5 amide bonds. The average molecular weight is 721 g/mol. The smallest absolute Gasteiger partial charge is 0.315 e. The van der Waals surface area contributed by atoms with Crippen molar-refractivity contribution in [2.75, 3.05) is 13.1 Å². The van der Waals surface area contributed by atoms with Crippen molar-refractivity contribution < 1.29 is 24.0 Å². The molecule has 5 unspecified atom stereocenters. The fraction of sp³-hybridized carbons (Fsp3) is 0.629. The number of allylic oxidation sites excluding steroid dienone is 2. The molecule has 4 aliphatic rings. The lowest BCUT2D eigenvalue weighted by atomic mass is 9.83. The van der Waals surface area contributed by atoms with Crippen LogP contribution in [0.3, 0.4) is 0 Å². The lowest BCUT2D eigenvalue weighted by Gasteiger charge is -2.35. The highest BCUT2D eigenvalue weighted by molar-refractivity contribution is 8.04. The first-order valence-electron chi connectivity index (χ1n) is 17.1. The van der Waals surface area contributed by atoms with Gasteiger partial charge in [-0.1, -0.05) is 91.2 Å². The molecule has 1 heterocycles. The minimum absolute atomic E-state index is 0.00806. The Bertz CT molecular complexity index is 1300. The molecule has 0 aromatic rings. The minimum atomic E-state index is -1.71. The topological polar surface area (TPSA) is 137 Å². The van der Waals surface area contributed by atoms with Gasteiger partial charge in [-0.25, -0.2) is 4.79 Å². The van der Waals surface area contributed by atoms with Crippen LogP contribution in [-0.4, -0.2) is 77.4 Å². The van der Waals surface area contributed by atoms with Crippen LogP contribution in [-0.2, 0) is 19.2 Å². The van der Waals surface area contributed by atoms with E-state index in [1.54, 1.807) is 12.2 Å². The van der Waals surface area contributed by atoms with E-state index in [1.165, 1.54) is 29.9 Å². The molecule has 0 spiro atoms. The van der Waals surface area contributed by atoms with E-state index in [4.69, 9.17) is 28.9 Å². The van der Waals surface area contributed by atoms with Gasteiger partial charge in [-0.05, 0) is 49.9 Å². The summed E-state index contributed by atoms with van der Waals surface area (Å²) >= 11 is 12.9. The first kappa shape index (κ1) is 38.0. The second kappa shape index (κ2) is 18.2. The number of halogens is 2. The number of rotatable bonds is 14. The molecule has 0 radical (unpaired) electrons. The lowest BCUT2D eigenvalue weighted by molar-refractivity contribution is -0.143. The Kier molecular flexibility index (Phi) is 14.4. The number of Topliss-reactive ketones (excluding diaryl/α,β-unsaturated/α-hetero) is 1. The summed E-state index contributed by atoms with van der Waals surface area (Å²) in [5.41, 5.74) is -0.590. The predicted molar refractivity (Wildman–Crippen MR) is 190 cm³/mol. The number of amides is 5. The van der Waals surface area contributed by atoms with E-state index in [2.05, 4.69) is 40.3 Å². The van der Waals surface area contributed by atoms with Crippen LogP contribution in [0, 0.1) is 36.0 Å². The average Bonchev–Trinajstić information content (AvgIpc) is 3.78. The Balaban J connectivity index is 1.60. The third kappa shape index (κ3) is 9.64. The summed E-state index contributed by atoms with van der Waals surface area (Å²) in [5, 5.41) is 11.3. The van der Waals surface area contributed by atoms with Gasteiger partial charge in [0.15, 0.2) is 0 Å². The summed E-state index contributed by atoms with van der Waals surface area (Å²) < 4.78 is 0. The second-order valence-electron chi connectivity index (χ2n) is 13.3. The van der Waals surface area contributed by atoms with Crippen LogP contribution in [0.5, 0.6) is 0 Å². The summed E-state index contributed by atoms with van der Waals surface area (Å²) in [6.07, 6.45) is 22.2. The van der Waals surface area contributed by atoms with Crippen molar-refractivity contribution in [1.29, 1.82) is 0 Å². The zero-order valence-electron chi connectivity index (χ0n) is 27.4. The molecule has 48 heavy (non-hydrogen) atoms. The number of fused-ring (bicyclic) bond motifs is 1. The Labute approximate surface area is 295 Å². The van der Waals surface area contributed by atoms with Crippen LogP contribution in [0.4, 0.5) is 4.79 Å². The normalized spacial score (nSPS) is 28.2. The fourth-order valence-electron chi connectivity index (χ4n) is 7.53. The summed E-state index contributed by atoms with van der Waals surface area (Å²) in [6.45, 7) is 5.55. The van der Waals surface area contributed by atoms with E-state index in [9.17, 15) is 24.0 Å². The number of urea groups is 1. The molecule has 1 saturated heterocycles.